The molecule has 7 nitrogen and oxygen atoms in total. The molecule has 7 heteroatoms. The van der Waals surface area contributed by atoms with E-state index in [0.29, 0.717) is 51.5 Å². The first-order valence-corrected chi connectivity index (χ1v) is 8.20. The van der Waals surface area contributed by atoms with Crippen molar-refractivity contribution >= 4 is 17.7 Å². The number of methoxy groups -OCH3 is 1. The van der Waals surface area contributed by atoms with Crippen molar-refractivity contribution < 1.29 is 19.1 Å². The number of carbonyl (C=O) groups excluding carboxylic acids is 2. The van der Waals surface area contributed by atoms with Crippen LogP contribution in [0.2, 0.25) is 0 Å². The Balaban J connectivity index is 1.95. The van der Waals surface area contributed by atoms with E-state index in [1.54, 1.807) is 25.0 Å². The predicted molar refractivity (Wildman–Crippen MR) is 91.5 cm³/mol. The lowest BCUT2D eigenvalue weighted by molar-refractivity contribution is 0.0527. The Bertz CT molecular complexity index is 557. The average molecular weight is 335 g/mol. The zero-order chi connectivity index (χ0) is 17.4. The van der Waals surface area contributed by atoms with Gasteiger partial charge in [0.05, 0.1) is 24.5 Å². The van der Waals surface area contributed by atoms with Gasteiger partial charge in [0.2, 0.25) is 0 Å². The van der Waals surface area contributed by atoms with Crippen LogP contribution in [-0.2, 0) is 9.47 Å². The van der Waals surface area contributed by atoms with Gasteiger partial charge in [-0.1, -0.05) is 12.1 Å². The molecule has 0 aromatic heterocycles. The smallest absolute Gasteiger partial charge is 0.340 e. The summed E-state index contributed by atoms with van der Waals surface area (Å²) in [5, 5.41) is 2.82. The summed E-state index contributed by atoms with van der Waals surface area (Å²) in [7, 11) is 1.60. The van der Waals surface area contributed by atoms with Crippen LogP contribution in [0.25, 0.3) is 0 Å². The van der Waals surface area contributed by atoms with Gasteiger partial charge in [0.1, 0.15) is 0 Å². The molecule has 0 spiro atoms. The Morgan fingerprint density at radius 2 is 1.88 bits per heavy atom. The summed E-state index contributed by atoms with van der Waals surface area (Å²) in [4.78, 5) is 28.0. The number of benzene rings is 1. The van der Waals surface area contributed by atoms with Crippen molar-refractivity contribution in [3.63, 3.8) is 0 Å². The van der Waals surface area contributed by atoms with Gasteiger partial charge in [0.15, 0.2) is 0 Å². The SMILES string of the molecule is CCOC(=O)c1ccccc1N1CCN(C(=O)NCCOC)CC1. The number of hydrogen-bond donors (Lipinski definition) is 1. The molecule has 1 fully saturated rings. The molecule has 0 radical (unpaired) electrons. The molecule has 0 bridgehead atoms. The van der Waals surface area contributed by atoms with Crippen molar-refractivity contribution in [3.05, 3.63) is 29.8 Å². The average Bonchev–Trinajstić information content (AvgIpc) is 2.62. The van der Waals surface area contributed by atoms with Gasteiger partial charge in [0.25, 0.3) is 0 Å². The second-order valence-corrected chi connectivity index (χ2v) is 5.44. The topological polar surface area (TPSA) is 71.1 Å². The number of para-hydroxylation sites is 1. The first-order chi connectivity index (χ1) is 11.7. The third-order valence-corrected chi connectivity index (χ3v) is 3.89. The molecule has 0 unspecified atom stereocenters. The quantitative estimate of drug-likeness (QED) is 0.627. The van der Waals surface area contributed by atoms with Crippen LogP contribution in [0.4, 0.5) is 10.5 Å². The molecule has 1 heterocycles. The van der Waals surface area contributed by atoms with Gasteiger partial charge in [-0.3, -0.25) is 0 Å². The molecular weight excluding hydrogens is 310 g/mol. The second-order valence-electron chi connectivity index (χ2n) is 5.44. The number of nitrogens with zero attached hydrogens (tertiary/aromatic N) is 2. The Kier molecular flexibility index (Phi) is 6.87. The zero-order valence-electron chi connectivity index (χ0n) is 14.3. The summed E-state index contributed by atoms with van der Waals surface area (Å²) in [5.74, 6) is -0.312. The molecule has 1 aliphatic rings. The highest BCUT2D eigenvalue weighted by atomic mass is 16.5. The summed E-state index contributed by atoms with van der Waals surface area (Å²) in [6.45, 7) is 5.71. The fourth-order valence-corrected chi connectivity index (χ4v) is 2.65. The molecule has 1 N–H and O–H groups in total. The maximum Gasteiger partial charge on any atom is 0.340 e. The van der Waals surface area contributed by atoms with E-state index in [2.05, 4.69) is 10.2 Å². The standard InChI is InChI=1S/C17H25N3O4/c1-3-24-16(21)14-6-4-5-7-15(14)19-9-11-20(12-10-19)17(22)18-8-13-23-2/h4-7H,3,8-13H2,1-2H3,(H,18,22). The van der Waals surface area contributed by atoms with E-state index in [0.717, 1.165) is 5.69 Å². The number of ether oxygens (including phenoxy) is 2. The normalized spacial score (nSPS) is 14.4. The monoisotopic (exact) mass is 335 g/mol. The van der Waals surface area contributed by atoms with Crippen molar-refractivity contribution in [2.24, 2.45) is 0 Å². The number of carbonyl (C=O) groups is 2. The Morgan fingerprint density at radius 3 is 2.54 bits per heavy atom. The molecule has 0 atom stereocenters. The minimum atomic E-state index is -0.312. The van der Waals surface area contributed by atoms with Crippen molar-refractivity contribution in [2.45, 2.75) is 6.92 Å². The van der Waals surface area contributed by atoms with Gasteiger partial charge in [-0.2, -0.15) is 0 Å². The van der Waals surface area contributed by atoms with E-state index < -0.39 is 0 Å². The lowest BCUT2D eigenvalue weighted by Crippen LogP contribution is -2.52. The van der Waals surface area contributed by atoms with Gasteiger partial charge < -0.3 is 24.6 Å². The van der Waals surface area contributed by atoms with Gasteiger partial charge >= 0.3 is 12.0 Å². The molecule has 2 amide bonds. The molecule has 0 saturated carbocycles. The summed E-state index contributed by atoms with van der Waals surface area (Å²) in [6, 6.07) is 7.35. The van der Waals surface area contributed by atoms with E-state index >= 15 is 0 Å². The maximum absolute atomic E-state index is 12.1. The molecule has 24 heavy (non-hydrogen) atoms. The van der Waals surface area contributed by atoms with E-state index in [4.69, 9.17) is 9.47 Å². The third kappa shape index (κ3) is 4.61. The van der Waals surface area contributed by atoms with E-state index in [1.165, 1.54) is 0 Å². The largest absolute Gasteiger partial charge is 0.462 e. The number of anilines is 1. The van der Waals surface area contributed by atoms with Gasteiger partial charge in [-0.05, 0) is 19.1 Å². The summed E-state index contributed by atoms with van der Waals surface area (Å²) in [6.07, 6.45) is 0. The number of hydrogen-bond acceptors (Lipinski definition) is 5. The Labute approximate surface area is 142 Å². The molecule has 1 aromatic carbocycles. The van der Waals surface area contributed by atoms with Crippen LogP contribution >= 0.6 is 0 Å². The van der Waals surface area contributed by atoms with Crippen LogP contribution in [0.5, 0.6) is 0 Å². The summed E-state index contributed by atoms with van der Waals surface area (Å²) >= 11 is 0. The van der Waals surface area contributed by atoms with Crippen LogP contribution in [-0.4, -0.2) is 69.9 Å². The van der Waals surface area contributed by atoms with Crippen molar-refractivity contribution in [2.75, 3.05) is 57.9 Å². The summed E-state index contributed by atoms with van der Waals surface area (Å²) < 4.78 is 10.0. The summed E-state index contributed by atoms with van der Waals surface area (Å²) in [5.41, 5.74) is 1.42. The predicted octanol–water partition coefficient (Wildman–Crippen LogP) is 1.34. The van der Waals surface area contributed by atoms with Gasteiger partial charge in [-0.25, -0.2) is 9.59 Å². The molecule has 132 valence electrons. The fourth-order valence-electron chi connectivity index (χ4n) is 2.65. The Morgan fingerprint density at radius 1 is 1.17 bits per heavy atom. The number of piperazine rings is 1. The van der Waals surface area contributed by atoms with Crippen LogP contribution in [0.1, 0.15) is 17.3 Å². The minimum absolute atomic E-state index is 0.0784. The third-order valence-electron chi connectivity index (χ3n) is 3.89. The fraction of sp³-hybridized carbons (Fsp3) is 0.529. The maximum atomic E-state index is 12.1. The van der Waals surface area contributed by atoms with Crippen LogP contribution < -0.4 is 10.2 Å². The van der Waals surface area contributed by atoms with Crippen molar-refractivity contribution in [3.8, 4) is 0 Å². The first-order valence-electron chi connectivity index (χ1n) is 8.20. The highest BCUT2D eigenvalue weighted by Gasteiger charge is 2.24. The highest BCUT2D eigenvalue weighted by Crippen LogP contribution is 2.22. The molecule has 1 aliphatic heterocycles. The van der Waals surface area contributed by atoms with Crippen LogP contribution in [0.3, 0.4) is 0 Å². The van der Waals surface area contributed by atoms with Gasteiger partial charge in [0, 0.05) is 39.8 Å². The van der Waals surface area contributed by atoms with Gasteiger partial charge in [-0.15, -0.1) is 0 Å². The van der Waals surface area contributed by atoms with E-state index in [9.17, 15) is 9.59 Å². The number of urea groups is 1. The molecule has 1 aromatic rings. The van der Waals surface area contributed by atoms with E-state index in [1.807, 2.05) is 18.2 Å². The highest BCUT2D eigenvalue weighted by molar-refractivity contribution is 5.96. The zero-order valence-corrected chi connectivity index (χ0v) is 14.3. The minimum Gasteiger partial charge on any atom is -0.462 e. The van der Waals surface area contributed by atoms with Crippen LogP contribution in [0.15, 0.2) is 24.3 Å². The number of nitrogens with one attached hydrogen (secondary N) is 1. The molecule has 1 saturated heterocycles. The van der Waals surface area contributed by atoms with Crippen LogP contribution in [0, 0.1) is 0 Å². The number of amides is 2. The van der Waals surface area contributed by atoms with E-state index in [-0.39, 0.29) is 12.0 Å². The second kappa shape index (κ2) is 9.12. The molecular formula is C17H25N3O4. The molecule has 2 rings (SSSR count). The van der Waals surface area contributed by atoms with Crippen molar-refractivity contribution in [1.82, 2.24) is 10.2 Å². The Hall–Kier alpha value is -2.28. The number of esters is 1. The lowest BCUT2D eigenvalue weighted by atomic mass is 10.1. The van der Waals surface area contributed by atoms with Crippen molar-refractivity contribution in [1.29, 1.82) is 0 Å². The first kappa shape index (κ1) is 18.1. The lowest BCUT2D eigenvalue weighted by Gasteiger charge is -2.36. The molecule has 0 aliphatic carbocycles. The number of rotatable bonds is 6.